The number of non-ortho nitro benzene ring substituents is 1. The Kier molecular flexibility index (Phi) is 8.15. The first-order valence-electron chi connectivity index (χ1n) is 9.14. The van der Waals surface area contributed by atoms with E-state index in [-0.39, 0.29) is 17.4 Å². The number of piperazine rings is 1. The highest BCUT2D eigenvalue weighted by molar-refractivity contribution is 6.27. The lowest BCUT2D eigenvalue weighted by Crippen LogP contribution is -2.48. The second kappa shape index (κ2) is 10.8. The summed E-state index contributed by atoms with van der Waals surface area (Å²) in [6, 6.07) is 12.2. The molecule has 0 unspecified atom stereocenters. The quantitative estimate of drug-likeness (QED) is 0.423. The van der Waals surface area contributed by atoms with Crippen molar-refractivity contribution in [2.75, 3.05) is 26.2 Å². The van der Waals surface area contributed by atoms with E-state index in [9.17, 15) is 19.3 Å². The number of carboxylic acids is 2. The Morgan fingerprint density at radius 1 is 0.968 bits per heavy atom. The van der Waals surface area contributed by atoms with Gasteiger partial charge in [-0.2, -0.15) is 0 Å². The van der Waals surface area contributed by atoms with Crippen molar-refractivity contribution in [3.63, 3.8) is 0 Å². The molecule has 1 fully saturated rings. The van der Waals surface area contributed by atoms with Crippen LogP contribution in [0.4, 0.5) is 10.1 Å². The van der Waals surface area contributed by atoms with Crippen LogP contribution in [-0.4, -0.2) is 69.0 Å². The molecule has 164 valence electrons. The van der Waals surface area contributed by atoms with Crippen molar-refractivity contribution in [1.29, 1.82) is 0 Å². The van der Waals surface area contributed by atoms with Crippen molar-refractivity contribution in [3.8, 4) is 0 Å². The Balaban J connectivity index is 0.000000501. The summed E-state index contributed by atoms with van der Waals surface area (Å²) in [5.41, 5.74) is 1.33. The van der Waals surface area contributed by atoms with Crippen molar-refractivity contribution in [2.45, 2.75) is 6.54 Å². The maximum Gasteiger partial charge on any atom is 0.414 e. The SMILES string of the molecule is O=C(O)C(=O)O.O=C(c1ccc([N+](=O)[O-])cc1)N1CCN(Cc2cccc(F)c2)CC1. The van der Waals surface area contributed by atoms with Crippen LogP contribution in [0.25, 0.3) is 0 Å². The number of rotatable bonds is 4. The fourth-order valence-electron chi connectivity index (χ4n) is 2.91. The number of carbonyl (C=O) groups excluding carboxylic acids is 1. The number of amides is 1. The van der Waals surface area contributed by atoms with E-state index in [4.69, 9.17) is 19.8 Å². The van der Waals surface area contributed by atoms with E-state index in [1.165, 1.54) is 36.4 Å². The molecule has 0 atom stereocenters. The summed E-state index contributed by atoms with van der Waals surface area (Å²) in [5, 5.41) is 25.5. The standard InChI is InChI=1S/C18H18FN3O3.C2H2O4/c19-16-3-1-2-14(12-16)13-20-8-10-21(11-9-20)18(23)15-4-6-17(7-5-15)22(24)25;3-1(4)2(5)6/h1-7,12H,8-11,13H2;(H,3,4)(H,5,6). The van der Waals surface area contributed by atoms with Gasteiger partial charge in [0.15, 0.2) is 0 Å². The number of hydrogen-bond donors (Lipinski definition) is 2. The monoisotopic (exact) mass is 433 g/mol. The van der Waals surface area contributed by atoms with Gasteiger partial charge in [0.1, 0.15) is 5.82 Å². The molecule has 1 saturated heterocycles. The molecule has 2 aromatic rings. The van der Waals surface area contributed by atoms with Gasteiger partial charge in [-0.15, -0.1) is 0 Å². The Morgan fingerprint density at radius 2 is 1.55 bits per heavy atom. The van der Waals surface area contributed by atoms with Crippen molar-refractivity contribution >= 4 is 23.5 Å². The highest BCUT2D eigenvalue weighted by atomic mass is 19.1. The number of halogens is 1. The number of carboxylic acid groups (broad SMARTS) is 2. The van der Waals surface area contributed by atoms with E-state index in [0.29, 0.717) is 38.3 Å². The Labute approximate surface area is 176 Å². The first-order valence-corrected chi connectivity index (χ1v) is 9.14. The third kappa shape index (κ3) is 7.16. The Bertz CT molecular complexity index is 946. The van der Waals surface area contributed by atoms with Crippen LogP contribution in [0.1, 0.15) is 15.9 Å². The summed E-state index contributed by atoms with van der Waals surface area (Å²) in [6.07, 6.45) is 0. The number of aliphatic carboxylic acids is 2. The molecule has 3 rings (SSSR count). The van der Waals surface area contributed by atoms with Crippen LogP contribution in [0, 0.1) is 15.9 Å². The van der Waals surface area contributed by atoms with Gasteiger partial charge in [0.2, 0.25) is 0 Å². The molecular formula is C20H20FN3O7. The molecule has 2 aromatic carbocycles. The molecule has 1 amide bonds. The predicted octanol–water partition coefficient (Wildman–Crippen LogP) is 1.85. The average Bonchev–Trinajstić information content (AvgIpc) is 2.74. The van der Waals surface area contributed by atoms with Crippen LogP contribution in [0.5, 0.6) is 0 Å². The molecule has 0 saturated carbocycles. The van der Waals surface area contributed by atoms with Gasteiger partial charge < -0.3 is 15.1 Å². The number of nitrogens with zero attached hydrogens (tertiary/aromatic N) is 3. The van der Waals surface area contributed by atoms with E-state index in [2.05, 4.69) is 4.90 Å². The largest absolute Gasteiger partial charge is 0.473 e. The van der Waals surface area contributed by atoms with Crippen LogP contribution in [0.15, 0.2) is 48.5 Å². The topological polar surface area (TPSA) is 141 Å². The van der Waals surface area contributed by atoms with E-state index in [0.717, 1.165) is 5.56 Å². The number of nitro groups is 1. The third-order valence-corrected chi connectivity index (χ3v) is 4.46. The number of benzene rings is 2. The number of nitro benzene ring substituents is 1. The maximum atomic E-state index is 13.2. The highest BCUT2D eigenvalue weighted by Crippen LogP contribution is 2.15. The Morgan fingerprint density at radius 3 is 2.03 bits per heavy atom. The molecule has 1 aliphatic rings. The minimum absolute atomic E-state index is 0.0311. The lowest BCUT2D eigenvalue weighted by Gasteiger charge is -2.34. The zero-order valence-corrected chi connectivity index (χ0v) is 16.3. The van der Waals surface area contributed by atoms with Gasteiger partial charge in [-0.05, 0) is 29.8 Å². The molecule has 0 radical (unpaired) electrons. The third-order valence-electron chi connectivity index (χ3n) is 4.46. The molecule has 1 aliphatic heterocycles. The van der Waals surface area contributed by atoms with Crippen LogP contribution in [0.3, 0.4) is 0 Å². The normalized spacial score (nSPS) is 13.6. The van der Waals surface area contributed by atoms with Gasteiger partial charge in [-0.25, -0.2) is 14.0 Å². The van der Waals surface area contributed by atoms with E-state index < -0.39 is 16.9 Å². The molecule has 1 heterocycles. The lowest BCUT2D eigenvalue weighted by atomic mass is 10.1. The molecule has 31 heavy (non-hydrogen) atoms. The van der Waals surface area contributed by atoms with Gasteiger partial charge in [0, 0.05) is 50.4 Å². The van der Waals surface area contributed by atoms with Crippen molar-refractivity contribution in [3.05, 3.63) is 75.6 Å². The summed E-state index contributed by atoms with van der Waals surface area (Å²) in [6.45, 7) is 3.21. The summed E-state index contributed by atoms with van der Waals surface area (Å²) in [5.74, 6) is -4.02. The van der Waals surface area contributed by atoms with Gasteiger partial charge >= 0.3 is 11.9 Å². The van der Waals surface area contributed by atoms with E-state index in [1.807, 2.05) is 6.07 Å². The second-order valence-electron chi connectivity index (χ2n) is 6.61. The first kappa shape index (κ1) is 23.4. The summed E-state index contributed by atoms with van der Waals surface area (Å²) >= 11 is 0. The van der Waals surface area contributed by atoms with Gasteiger partial charge in [0.05, 0.1) is 4.92 Å². The van der Waals surface area contributed by atoms with E-state index >= 15 is 0 Å². The van der Waals surface area contributed by atoms with Crippen LogP contribution in [0.2, 0.25) is 0 Å². The smallest absolute Gasteiger partial charge is 0.414 e. The van der Waals surface area contributed by atoms with Crippen LogP contribution < -0.4 is 0 Å². The molecular weight excluding hydrogens is 413 g/mol. The molecule has 10 nitrogen and oxygen atoms in total. The second-order valence-corrected chi connectivity index (χ2v) is 6.61. The fraction of sp³-hybridized carbons (Fsp3) is 0.250. The number of carbonyl (C=O) groups is 3. The summed E-state index contributed by atoms with van der Waals surface area (Å²) < 4.78 is 13.2. The molecule has 0 aromatic heterocycles. The van der Waals surface area contributed by atoms with Crippen molar-refractivity contribution in [1.82, 2.24) is 9.80 Å². The minimum atomic E-state index is -1.82. The number of hydrogen-bond acceptors (Lipinski definition) is 6. The fourth-order valence-corrected chi connectivity index (χ4v) is 2.91. The van der Waals surface area contributed by atoms with Gasteiger partial charge in [0.25, 0.3) is 11.6 Å². The highest BCUT2D eigenvalue weighted by Gasteiger charge is 2.22. The first-order chi connectivity index (χ1) is 14.7. The maximum absolute atomic E-state index is 13.2. The van der Waals surface area contributed by atoms with Gasteiger partial charge in [-0.1, -0.05) is 12.1 Å². The molecule has 11 heteroatoms. The summed E-state index contributed by atoms with van der Waals surface area (Å²) in [7, 11) is 0. The molecule has 0 spiro atoms. The van der Waals surface area contributed by atoms with Crippen LogP contribution in [-0.2, 0) is 16.1 Å². The summed E-state index contributed by atoms with van der Waals surface area (Å²) in [4.78, 5) is 44.8. The zero-order chi connectivity index (χ0) is 23.0. The van der Waals surface area contributed by atoms with Crippen molar-refractivity contribution < 1.29 is 33.9 Å². The van der Waals surface area contributed by atoms with Crippen molar-refractivity contribution in [2.24, 2.45) is 0 Å². The van der Waals surface area contributed by atoms with E-state index in [1.54, 1.807) is 11.0 Å². The Hall–Kier alpha value is -3.86. The lowest BCUT2D eigenvalue weighted by molar-refractivity contribution is -0.384. The predicted molar refractivity (Wildman–Crippen MR) is 106 cm³/mol. The molecule has 0 aliphatic carbocycles. The van der Waals surface area contributed by atoms with Crippen LogP contribution >= 0.6 is 0 Å². The molecule has 2 N–H and O–H groups in total. The average molecular weight is 433 g/mol. The molecule has 0 bridgehead atoms. The minimum Gasteiger partial charge on any atom is -0.473 e. The zero-order valence-electron chi connectivity index (χ0n) is 16.3. The van der Waals surface area contributed by atoms with Gasteiger partial charge in [-0.3, -0.25) is 19.8 Å².